The number of rotatable bonds is 2. The maximum atomic E-state index is 12.3. The Labute approximate surface area is 174 Å². The topological polar surface area (TPSA) is 57.5 Å². The Morgan fingerprint density at radius 2 is 1.90 bits per heavy atom. The Morgan fingerprint density at radius 3 is 2.62 bits per heavy atom. The molecule has 3 saturated carbocycles. The van der Waals surface area contributed by atoms with E-state index in [0.717, 1.165) is 69.8 Å². The molecule has 1 aromatic rings. The van der Waals surface area contributed by atoms with Gasteiger partial charge in [0.15, 0.2) is 0 Å². The summed E-state index contributed by atoms with van der Waals surface area (Å²) < 4.78 is 0. The number of aliphatic carboxylic acids is 1. The van der Waals surface area contributed by atoms with Gasteiger partial charge in [-0.1, -0.05) is 56.5 Å². The second-order valence-corrected chi connectivity index (χ2v) is 10.6. The Balaban J connectivity index is 1.49. The highest BCUT2D eigenvalue weighted by molar-refractivity contribution is 5.81. The Bertz CT molecular complexity index is 850. The zero-order valence-corrected chi connectivity index (χ0v) is 17.6. The van der Waals surface area contributed by atoms with Crippen molar-refractivity contribution in [2.75, 3.05) is 0 Å². The van der Waals surface area contributed by atoms with Crippen molar-refractivity contribution in [1.82, 2.24) is 0 Å². The van der Waals surface area contributed by atoms with Crippen LogP contribution in [-0.2, 0) is 16.6 Å². The largest absolute Gasteiger partial charge is 0.481 e. The van der Waals surface area contributed by atoms with Gasteiger partial charge in [0, 0.05) is 5.41 Å². The Kier molecular flexibility index (Phi) is 4.47. The molecule has 0 radical (unpaired) electrons. The summed E-state index contributed by atoms with van der Waals surface area (Å²) in [7, 11) is 0. The van der Waals surface area contributed by atoms with E-state index < -0.39 is 11.4 Å². The van der Waals surface area contributed by atoms with Crippen molar-refractivity contribution in [3.8, 4) is 0 Å². The average Bonchev–Trinajstić information content (AvgIpc) is 2.96. The minimum Gasteiger partial charge on any atom is -0.481 e. The molecule has 3 heteroatoms. The first-order valence-electron chi connectivity index (χ1n) is 11.6. The number of aliphatic hydroxyl groups is 1. The summed E-state index contributed by atoms with van der Waals surface area (Å²) in [5.41, 5.74) is 4.41. The zero-order chi connectivity index (χ0) is 20.4. The molecule has 0 aliphatic heterocycles. The van der Waals surface area contributed by atoms with Crippen molar-refractivity contribution < 1.29 is 15.0 Å². The number of fused-ring (bicyclic) bond motifs is 5. The van der Waals surface area contributed by atoms with Crippen molar-refractivity contribution >= 4 is 5.97 Å². The smallest absolute Gasteiger partial charge is 0.314 e. The first-order chi connectivity index (χ1) is 13.9. The molecule has 4 aliphatic carbocycles. The lowest BCUT2D eigenvalue weighted by Gasteiger charge is -2.50. The Hall–Kier alpha value is -1.61. The van der Waals surface area contributed by atoms with Crippen LogP contribution in [0.5, 0.6) is 0 Å². The summed E-state index contributed by atoms with van der Waals surface area (Å²) in [6.45, 7) is 6.63. The van der Waals surface area contributed by atoms with Crippen molar-refractivity contribution in [2.45, 2.75) is 88.6 Å². The molecule has 0 amide bonds. The highest BCUT2D eigenvalue weighted by Gasteiger charge is 2.56. The molecule has 29 heavy (non-hydrogen) atoms. The minimum atomic E-state index is -0.681. The van der Waals surface area contributed by atoms with Crippen LogP contribution in [0.25, 0.3) is 0 Å². The molecule has 3 fully saturated rings. The number of carbonyl (C=O) groups is 1. The lowest BCUT2D eigenvalue weighted by molar-refractivity contribution is -0.145. The van der Waals surface area contributed by atoms with Crippen LogP contribution in [0.4, 0.5) is 0 Å². The second-order valence-electron chi connectivity index (χ2n) is 10.6. The van der Waals surface area contributed by atoms with E-state index in [1.807, 2.05) is 0 Å². The van der Waals surface area contributed by atoms with Gasteiger partial charge in [-0.05, 0) is 79.4 Å². The van der Waals surface area contributed by atoms with Crippen molar-refractivity contribution in [3.05, 3.63) is 47.0 Å². The number of benzene rings is 1. The van der Waals surface area contributed by atoms with Gasteiger partial charge < -0.3 is 10.2 Å². The molecule has 1 aromatic carbocycles. The number of carboxylic acids is 1. The molecule has 0 saturated heterocycles. The monoisotopic (exact) mass is 394 g/mol. The fourth-order valence-corrected chi connectivity index (χ4v) is 7.65. The van der Waals surface area contributed by atoms with E-state index in [9.17, 15) is 15.0 Å². The zero-order valence-electron chi connectivity index (χ0n) is 17.6. The predicted molar refractivity (Wildman–Crippen MR) is 114 cm³/mol. The molecule has 2 unspecified atom stereocenters. The number of aliphatic hydroxyl groups excluding tert-OH is 1. The van der Waals surface area contributed by atoms with Crippen molar-refractivity contribution in [3.63, 3.8) is 0 Å². The van der Waals surface area contributed by atoms with Gasteiger partial charge in [-0.25, -0.2) is 0 Å². The summed E-state index contributed by atoms with van der Waals surface area (Å²) in [4.78, 5) is 12.3. The summed E-state index contributed by atoms with van der Waals surface area (Å²) in [5, 5.41) is 20.8. The maximum Gasteiger partial charge on any atom is 0.314 e. The number of aryl methyl sites for hydroxylation is 1. The fraction of sp³-hybridized carbons (Fsp3) is 0.654. The van der Waals surface area contributed by atoms with Gasteiger partial charge in [0.05, 0.1) is 11.5 Å². The van der Waals surface area contributed by atoms with Gasteiger partial charge in [-0.2, -0.15) is 0 Å². The molecule has 5 rings (SSSR count). The van der Waals surface area contributed by atoms with Crippen molar-refractivity contribution in [2.24, 2.45) is 17.3 Å². The minimum absolute atomic E-state index is 0.00877. The fourth-order valence-electron chi connectivity index (χ4n) is 7.65. The molecular weight excluding hydrogens is 360 g/mol. The molecular formula is C26H34O3. The van der Waals surface area contributed by atoms with Crippen LogP contribution in [0.1, 0.15) is 87.3 Å². The number of hydrogen-bond donors (Lipinski definition) is 2. The highest BCUT2D eigenvalue weighted by atomic mass is 16.4. The van der Waals surface area contributed by atoms with Gasteiger partial charge >= 0.3 is 5.97 Å². The summed E-state index contributed by atoms with van der Waals surface area (Å²) in [6, 6.07) is 6.64. The second kappa shape index (κ2) is 6.70. The van der Waals surface area contributed by atoms with E-state index >= 15 is 0 Å². The van der Waals surface area contributed by atoms with Crippen LogP contribution in [0.3, 0.4) is 0 Å². The standard InChI is InChI=1S/C26H34O3/c1-16-14-22(27)25(2)13-10-20-19-9-7-18(15-17(19)6-8-21(20)23(16)25)26(24(28)29)11-4-3-5-12-26/h7,9,15,20-23,27H,1,3-6,8,10-14H2,2H3,(H,28,29)/t20?,21?,22-,23+,25+/m0/s1. The van der Waals surface area contributed by atoms with Crippen LogP contribution in [0.2, 0.25) is 0 Å². The highest BCUT2D eigenvalue weighted by Crippen LogP contribution is 2.62. The summed E-state index contributed by atoms with van der Waals surface area (Å²) >= 11 is 0. The van der Waals surface area contributed by atoms with Crippen LogP contribution in [0.15, 0.2) is 30.4 Å². The van der Waals surface area contributed by atoms with Gasteiger partial charge in [0.1, 0.15) is 0 Å². The van der Waals surface area contributed by atoms with E-state index in [1.54, 1.807) is 0 Å². The van der Waals surface area contributed by atoms with Crippen LogP contribution in [-0.4, -0.2) is 22.3 Å². The lowest BCUT2D eigenvalue weighted by atomic mass is 9.54. The van der Waals surface area contributed by atoms with Crippen LogP contribution < -0.4 is 0 Å². The quantitative estimate of drug-likeness (QED) is 0.664. The Morgan fingerprint density at radius 1 is 1.14 bits per heavy atom. The molecule has 3 nitrogen and oxygen atoms in total. The first kappa shape index (κ1) is 19.4. The molecule has 5 atom stereocenters. The van der Waals surface area contributed by atoms with E-state index in [1.165, 1.54) is 16.7 Å². The summed E-state index contributed by atoms with van der Waals surface area (Å²) in [6.07, 6.45) is 9.57. The third-order valence-electron chi connectivity index (χ3n) is 9.26. The van der Waals surface area contributed by atoms with Gasteiger partial charge in [-0.15, -0.1) is 0 Å². The van der Waals surface area contributed by atoms with Crippen LogP contribution >= 0.6 is 0 Å². The van der Waals surface area contributed by atoms with E-state index in [4.69, 9.17) is 0 Å². The van der Waals surface area contributed by atoms with Crippen molar-refractivity contribution in [1.29, 1.82) is 0 Å². The third kappa shape index (κ3) is 2.69. The SMILES string of the molecule is C=C1C[C@H](O)[C@@]2(C)CCC3c4ccc(C5(C(=O)O)CCCCC5)cc4CCC3[C@@H]12. The van der Waals surface area contributed by atoms with Gasteiger partial charge in [0.2, 0.25) is 0 Å². The van der Waals surface area contributed by atoms with E-state index in [-0.39, 0.29) is 11.5 Å². The average molecular weight is 395 g/mol. The normalized spacial score (nSPS) is 38.1. The van der Waals surface area contributed by atoms with Gasteiger partial charge in [0.25, 0.3) is 0 Å². The molecule has 0 aromatic heterocycles. The number of hydrogen-bond acceptors (Lipinski definition) is 2. The molecule has 0 spiro atoms. The first-order valence-corrected chi connectivity index (χ1v) is 11.6. The summed E-state index contributed by atoms with van der Waals surface area (Å²) in [5.74, 6) is 0.878. The lowest BCUT2D eigenvalue weighted by Crippen LogP contribution is -2.44. The third-order valence-corrected chi connectivity index (χ3v) is 9.26. The molecule has 4 aliphatic rings. The maximum absolute atomic E-state index is 12.3. The molecule has 0 heterocycles. The number of carboxylic acid groups (broad SMARTS) is 1. The van der Waals surface area contributed by atoms with Crippen LogP contribution in [0, 0.1) is 17.3 Å². The van der Waals surface area contributed by atoms with Gasteiger partial charge in [-0.3, -0.25) is 4.79 Å². The molecule has 2 N–H and O–H groups in total. The van der Waals surface area contributed by atoms with E-state index in [2.05, 4.69) is 31.7 Å². The predicted octanol–water partition coefficient (Wildman–Crippen LogP) is 5.36. The van der Waals surface area contributed by atoms with E-state index in [0.29, 0.717) is 17.8 Å². The molecule has 156 valence electrons. The molecule has 0 bridgehead atoms.